The van der Waals surface area contributed by atoms with Crippen molar-refractivity contribution in [1.82, 2.24) is 9.97 Å². The molecule has 0 fully saturated rings. The van der Waals surface area contributed by atoms with Crippen molar-refractivity contribution in [3.63, 3.8) is 0 Å². The molecule has 0 spiro atoms. The lowest BCUT2D eigenvalue weighted by molar-refractivity contribution is 1.20. The highest BCUT2D eigenvalue weighted by Gasteiger charge is 2.08. The molecule has 0 bridgehead atoms. The number of hydrogen-bond acceptors (Lipinski definition) is 2. The summed E-state index contributed by atoms with van der Waals surface area (Å²) in [6, 6.07) is 20.3. The van der Waals surface area contributed by atoms with Gasteiger partial charge in [0.25, 0.3) is 0 Å². The van der Waals surface area contributed by atoms with Gasteiger partial charge in [0.1, 0.15) is 0 Å². The van der Waals surface area contributed by atoms with E-state index in [9.17, 15) is 0 Å². The van der Waals surface area contributed by atoms with Crippen LogP contribution in [-0.4, -0.2) is 9.97 Å². The normalized spacial score (nSPS) is 10.4. The molecule has 0 unspecified atom stereocenters. The van der Waals surface area contributed by atoms with Gasteiger partial charge in [0, 0.05) is 23.0 Å². The first-order valence-corrected chi connectivity index (χ1v) is 6.29. The predicted octanol–water partition coefficient (Wildman–Crippen LogP) is 4.12. The van der Waals surface area contributed by atoms with Crippen LogP contribution in [0.4, 0.5) is 0 Å². The maximum atomic E-state index is 4.60. The van der Waals surface area contributed by atoms with Gasteiger partial charge in [-0.05, 0) is 31.2 Å². The van der Waals surface area contributed by atoms with Crippen LogP contribution in [0.5, 0.6) is 0 Å². The van der Waals surface area contributed by atoms with Crippen LogP contribution in [0.1, 0.15) is 5.69 Å². The van der Waals surface area contributed by atoms with Gasteiger partial charge in [-0.25, -0.2) is 0 Å². The van der Waals surface area contributed by atoms with Crippen LogP contribution in [0.2, 0.25) is 0 Å². The number of rotatable bonds is 2. The molecule has 0 aliphatic rings. The van der Waals surface area contributed by atoms with E-state index in [0.29, 0.717) is 0 Å². The third-order valence-electron chi connectivity index (χ3n) is 3.03. The molecule has 2 aromatic heterocycles. The third kappa shape index (κ3) is 2.38. The predicted molar refractivity (Wildman–Crippen MR) is 77.6 cm³/mol. The molecular weight excluding hydrogens is 232 g/mol. The molecule has 0 aliphatic heterocycles. The highest BCUT2D eigenvalue weighted by atomic mass is 14.7. The SMILES string of the molecule is Cc1cccc(-c2ccccc2-c2ccccn2)n1. The summed E-state index contributed by atoms with van der Waals surface area (Å²) in [4.78, 5) is 9.03. The van der Waals surface area contributed by atoms with Crippen LogP contribution < -0.4 is 0 Å². The average Bonchev–Trinajstić information content (AvgIpc) is 2.48. The molecule has 2 heteroatoms. The lowest BCUT2D eigenvalue weighted by Crippen LogP contribution is -1.90. The van der Waals surface area contributed by atoms with Crippen molar-refractivity contribution in [2.75, 3.05) is 0 Å². The average molecular weight is 246 g/mol. The van der Waals surface area contributed by atoms with E-state index in [1.807, 2.05) is 61.7 Å². The van der Waals surface area contributed by atoms with Crippen molar-refractivity contribution in [3.8, 4) is 22.5 Å². The maximum absolute atomic E-state index is 4.60. The molecule has 3 rings (SSSR count). The van der Waals surface area contributed by atoms with Gasteiger partial charge in [0.15, 0.2) is 0 Å². The Morgan fingerprint density at radius 1 is 0.684 bits per heavy atom. The minimum Gasteiger partial charge on any atom is -0.256 e. The molecule has 0 radical (unpaired) electrons. The molecule has 1 aromatic carbocycles. The number of benzene rings is 1. The van der Waals surface area contributed by atoms with Gasteiger partial charge in [0.05, 0.1) is 11.4 Å². The van der Waals surface area contributed by atoms with E-state index in [2.05, 4.69) is 22.1 Å². The molecule has 2 heterocycles. The second kappa shape index (κ2) is 5.02. The zero-order valence-electron chi connectivity index (χ0n) is 10.7. The second-order valence-electron chi connectivity index (χ2n) is 4.42. The minimum absolute atomic E-state index is 0.974. The van der Waals surface area contributed by atoms with Crippen molar-refractivity contribution in [2.24, 2.45) is 0 Å². The highest BCUT2D eigenvalue weighted by molar-refractivity contribution is 5.79. The third-order valence-corrected chi connectivity index (χ3v) is 3.03. The lowest BCUT2D eigenvalue weighted by Gasteiger charge is -2.08. The molecule has 0 saturated carbocycles. The Balaban J connectivity index is 2.18. The van der Waals surface area contributed by atoms with E-state index in [4.69, 9.17) is 0 Å². The van der Waals surface area contributed by atoms with Gasteiger partial charge < -0.3 is 0 Å². The quantitative estimate of drug-likeness (QED) is 0.679. The number of aromatic nitrogens is 2. The second-order valence-corrected chi connectivity index (χ2v) is 4.42. The molecule has 0 N–H and O–H groups in total. The van der Waals surface area contributed by atoms with Gasteiger partial charge in [-0.15, -0.1) is 0 Å². The standard InChI is InChI=1S/C17H14N2/c1-13-7-6-11-17(19-13)15-9-3-2-8-14(15)16-10-4-5-12-18-16/h2-12H,1H3. The Labute approximate surface area is 112 Å². The fourth-order valence-corrected chi connectivity index (χ4v) is 2.14. The maximum Gasteiger partial charge on any atom is 0.0711 e. The summed E-state index contributed by atoms with van der Waals surface area (Å²) in [5.41, 5.74) is 5.21. The van der Waals surface area contributed by atoms with Crippen LogP contribution in [0, 0.1) is 6.92 Å². The Kier molecular flexibility index (Phi) is 3.07. The highest BCUT2D eigenvalue weighted by Crippen LogP contribution is 2.29. The fourth-order valence-electron chi connectivity index (χ4n) is 2.14. The van der Waals surface area contributed by atoms with Crippen molar-refractivity contribution >= 4 is 0 Å². The number of aryl methyl sites for hydroxylation is 1. The summed E-state index contributed by atoms with van der Waals surface area (Å²) in [6.45, 7) is 2.01. The first-order valence-electron chi connectivity index (χ1n) is 6.29. The van der Waals surface area contributed by atoms with Crippen LogP contribution in [0.15, 0.2) is 66.9 Å². The van der Waals surface area contributed by atoms with Crippen molar-refractivity contribution in [2.45, 2.75) is 6.92 Å². The van der Waals surface area contributed by atoms with Gasteiger partial charge in [-0.1, -0.05) is 36.4 Å². The molecular formula is C17H14N2. The summed E-state index contributed by atoms with van der Waals surface area (Å²) in [5, 5.41) is 0. The monoisotopic (exact) mass is 246 g/mol. The van der Waals surface area contributed by atoms with Crippen LogP contribution in [0.3, 0.4) is 0 Å². The summed E-state index contributed by atoms with van der Waals surface area (Å²) in [5.74, 6) is 0. The zero-order chi connectivity index (χ0) is 13.1. The topological polar surface area (TPSA) is 25.8 Å². The van der Waals surface area contributed by atoms with E-state index in [-0.39, 0.29) is 0 Å². The Bertz CT molecular complexity index is 690. The zero-order valence-corrected chi connectivity index (χ0v) is 10.7. The van der Waals surface area contributed by atoms with Crippen LogP contribution >= 0.6 is 0 Å². The number of hydrogen-bond donors (Lipinski definition) is 0. The van der Waals surface area contributed by atoms with E-state index in [0.717, 1.165) is 28.2 Å². The van der Waals surface area contributed by atoms with Gasteiger partial charge in [-0.2, -0.15) is 0 Å². The largest absolute Gasteiger partial charge is 0.256 e. The summed E-state index contributed by atoms with van der Waals surface area (Å²) < 4.78 is 0. The number of nitrogens with zero attached hydrogens (tertiary/aromatic N) is 2. The van der Waals surface area contributed by atoms with Gasteiger partial charge in [0.2, 0.25) is 0 Å². The molecule has 92 valence electrons. The summed E-state index contributed by atoms with van der Waals surface area (Å²) in [6.07, 6.45) is 1.82. The summed E-state index contributed by atoms with van der Waals surface area (Å²) >= 11 is 0. The molecule has 2 nitrogen and oxygen atoms in total. The van der Waals surface area contributed by atoms with E-state index in [1.165, 1.54) is 0 Å². The van der Waals surface area contributed by atoms with Crippen LogP contribution in [-0.2, 0) is 0 Å². The molecule has 0 saturated heterocycles. The first kappa shape index (κ1) is 11.6. The molecule has 19 heavy (non-hydrogen) atoms. The Morgan fingerprint density at radius 3 is 2.05 bits per heavy atom. The molecule has 3 aromatic rings. The van der Waals surface area contributed by atoms with E-state index in [1.54, 1.807) is 0 Å². The molecule has 0 aliphatic carbocycles. The van der Waals surface area contributed by atoms with Crippen molar-refractivity contribution in [3.05, 3.63) is 72.6 Å². The van der Waals surface area contributed by atoms with E-state index < -0.39 is 0 Å². The van der Waals surface area contributed by atoms with Crippen molar-refractivity contribution in [1.29, 1.82) is 0 Å². The van der Waals surface area contributed by atoms with Gasteiger partial charge in [-0.3, -0.25) is 9.97 Å². The first-order chi connectivity index (χ1) is 9.34. The minimum atomic E-state index is 0.974. The van der Waals surface area contributed by atoms with E-state index >= 15 is 0 Å². The van der Waals surface area contributed by atoms with Crippen molar-refractivity contribution < 1.29 is 0 Å². The Morgan fingerprint density at radius 2 is 1.37 bits per heavy atom. The fraction of sp³-hybridized carbons (Fsp3) is 0.0588. The summed E-state index contributed by atoms with van der Waals surface area (Å²) in [7, 11) is 0. The molecule has 0 amide bonds. The lowest BCUT2D eigenvalue weighted by atomic mass is 10.0. The Hall–Kier alpha value is -2.48. The molecule has 0 atom stereocenters. The number of pyridine rings is 2. The van der Waals surface area contributed by atoms with Crippen LogP contribution in [0.25, 0.3) is 22.5 Å². The smallest absolute Gasteiger partial charge is 0.0711 e. The van der Waals surface area contributed by atoms with Gasteiger partial charge >= 0.3 is 0 Å².